The van der Waals surface area contributed by atoms with Gasteiger partial charge in [-0.05, 0) is 31.4 Å². The van der Waals surface area contributed by atoms with Crippen molar-refractivity contribution in [1.29, 1.82) is 0 Å². The van der Waals surface area contributed by atoms with Gasteiger partial charge in [0.15, 0.2) is 0 Å². The van der Waals surface area contributed by atoms with Crippen LogP contribution in [0.3, 0.4) is 0 Å². The first-order valence-corrected chi connectivity index (χ1v) is 8.62. The number of hydrogen-bond acceptors (Lipinski definition) is 4. The Morgan fingerprint density at radius 2 is 2.05 bits per heavy atom. The maximum absolute atomic E-state index is 12.9. The molecular formula is C14H23N3O2S. The molecule has 1 atom stereocenters. The highest BCUT2D eigenvalue weighted by Crippen LogP contribution is 2.29. The first-order chi connectivity index (χ1) is 9.61. The van der Waals surface area contributed by atoms with Crippen LogP contribution in [0.4, 0.5) is 5.69 Å². The molecule has 1 aromatic rings. The molecular weight excluding hydrogens is 274 g/mol. The number of anilines is 1. The first kappa shape index (κ1) is 15.3. The van der Waals surface area contributed by atoms with E-state index < -0.39 is 10.0 Å². The number of hydrogen-bond donors (Lipinski definition) is 2. The summed E-state index contributed by atoms with van der Waals surface area (Å²) in [6, 6.07) is 6.89. The predicted molar refractivity (Wildman–Crippen MR) is 80.7 cm³/mol. The molecule has 0 bridgehead atoms. The molecule has 1 fully saturated rings. The summed E-state index contributed by atoms with van der Waals surface area (Å²) in [5, 5.41) is 0. The number of hydrazine groups is 1. The van der Waals surface area contributed by atoms with Crippen LogP contribution in [0.25, 0.3) is 0 Å². The molecule has 20 heavy (non-hydrogen) atoms. The minimum absolute atomic E-state index is 0.0910. The fourth-order valence-electron chi connectivity index (χ4n) is 2.81. The number of sulfonamides is 1. The van der Waals surface area contributed by atoms with Crippen LogP contribution in [0.2, 0.25) is 0 Å². The van der Waals surface area contributed by atoms with Gasteiger partial charge >= 0.3 is 0 Å². The summed E-state index contributed by atoms with van der Waals surface area (Å²) < 4.78 is 27.5. The Balaban J connectivity index is 2.41. The molecule has 1 saturated heterocycles. The van der Waals surface area contributed by atoms with Crippen LogP contribution in [0.5, 0.6) is 0 Å². The molecule has 0 radical (unpaired) electrons. The Bertz CT molecular complexity index is 545. The van der Waals surface area contributed by atoms with Crippen molar-refractivity contribution in [3.05, 3.63) is 24.3 Å². The normalized spacial score (nSPS) is 21.4. The lowest BCUT2D eigenvalue weighted by atomic mass is 10.1. The predicted octanol–water partition coefficient (Wildman–Crippen LogP) is 2.32. The second kappa shape index (κ2) is 6.56. The molecule has 1 aliphatic rings. The maximum atomic E-state index is 12.9. The summed E-state index contributed by atoms with van der Waals surface area (Å²) in [6.07, 6.45) is 4.90. The lowest BCUT2D eigenvalue weighted by Gasteiger charge is -2.29. The average Bonchev–Trinajstić information content (AvgIpc) is 2.72. The van der Waals surface area contributed by atoms with E-state index in [2.05, 4.69) is 5.43 Å². The van der Waals surface area contributed by atoms with Crippen LogP contribution in [0.1, 0.15) is 39.0 Å². The second-order valence-corrected chi connectivity index (χ2v) is 7.03. The third-order valence-electron chi connectivity index (χ3n) is 3.92. The van der Waals surface area contributed by atoms with E-state index in [1.54, 1.807) is 28.6 Å². The molecule has 3 N–H and O–H groups in total. The Kier molecular flexibility index (Phi) is 5.01. The number of nitrogens with two attached hydrogens (primary N) is 1. The largest absolute Gasteiger partial charge is 0.323 e. The summed E-state index contributed by atoms with van der Waals surface area (Å²) in [5.74, 6) is 5.44. The van der Waals surface area contributed by atoms with Crippen LogP contribution in [0.15, 0.2) is 29.2 Å². The summed E-state index contributed by atoms with van der Waals surface area (Å²) in [7, 11) is -3.50. The van der Waals surface area contributed by atoms with Gasteiger partial charge in [-0.25, -0.2) is 8.42 Å². The van der Waals surface area contributed by atoms with Crippen LogP contribution in [-0.2, 0) is 10.0 Å². The molecule has 0 aromatic heterocycles. The number of benzene rings is 1. The SMILES string of the molecule is CCC1CCCCCN1S(=O)(=O)c1ccccc1NN. The van der Waals surface area contributed by atoms with Crippen molar-refractivity contribution in [3.63, 3.8) is 0 Å². The van der Waals surface area contributed by atoms with E-state index >= 15 is 0 Å². The number of nitrogen functional groups attached to an aromatic ring is 1. The molecule has 6 heteroatoms. The summed E-state index contributed by atoms with van der Waals surface area (Å²) in [4.78, 5) is 0.267. The quantitative estimate of drug-likeness (QED) is 0.660. The van der Waals surface area contributed by atoms with Crippen LogP contribution < -0.4 is 11.3 Å². The third kappa shape index (κ3) is 2.97. The fraction of sp³-hybridized carbons (Fsp3) is 0.571. The van der Waals surface area contributed by atoms with Crippen molar-refractivity contribution < 1.29 is 8.42 Å². The minimum atomic E-state index is -3.50. The van der Waals surface area contributed by atoms with Crippen molar-refractivity contribution in [2.75, 3.05) is 12.0 Å². The Morgan fingerprint density at radius 3 is 2.75 bits per heavy atom. The molecule has 1 aliphatic heterocycles. The van der Waals surface area contributed by atoms with Crippen LogP contribution >= 0.6 is 0 Å². The maximum Gasteiger partial charge on any atom is 0.245 e. The van der Waals surface area contributed by atoms with E-state index in [1.807, 2.05) is 6.92 Å². The number of para-hydroxylation sites is 1. The zero-order valence-corrected chi connectivity index (χ0v) is 12.7. The van der Waals surface area contributed by atoms with Crippen LogP contribution in [0, 0.1) is 0 Å². The van der Waals surface area contributed by atoms with Crippen molar-refractivity contribution in [3.8, 4) is 0 Å². The van der Waals surface area contributed by atoms with Gasteiger partial charge in [0.1, 0.15) is 4.90 Å². The molecule has 5 nitrogen and oxygen atoms in total. The number of nitrogens with one attached hydrogen (secondary N) is 1. The van der Waals surface area contributed by atoms with Gasteiger partial charge in [0.25, 0.3) is 0 Å². The Morgan fingerprint density at radius 1 is 1.30 bits per heavy atom. The fourth-order valence-corrected chi connectivity index (χ4v) is 4.74. The average molecular weight is 297 g/mol. The summed E-state index contributed by atoms with van der Waals surface area (Å²) >= 11 is 0. The molecule has 0 saturated carbocycles. The van der Waals surface area contributed by atoms with Crippen molar-refractivity contribution in [2.24, 2.45) is 5.84 Å². The highest BCUT2D eigenvalue weighted by atomic mass is 32.2. The van der Waals surface area contributed by atoms with E-state index in [-0.39, 0.29) is 10.9 Å². The summed E-state index contributed by atoms with van der Waals surface area (Å²) in [5.41, 5.74) is 2.93. The van der Waals surface area contributed by atoms with Gasteiger partial charge in [-0.3, -0.25) is 5.84 Å². The van der Waals surface area contributed by atoms with E-state index in [0.717, 1.165) is 32.1 Å². The monoisotopic (exact) mass is 297 g/mol. The van der Waals surface area contributed by atoms with E-state index in [0.29, 0.717) is 12.2 Å². The van der Waals surface area contributed by atoms with Crippen molar-refractivity contribution in [1.82, 2.24) is 4.31 Å². The zero-order chi connectivity index (χ0) is 14.6. The van der Waals surface area contributed by atoms with Crippen molar-refractivity contribution >= 4 is 15.7 Å². The third-order valence-corrected chi connectivity index (χ3v) is 5.93. The zero-order valence-electron chi connectivity index (χ0n) is 11.9. The van der Waals surface area contributed by atoms with Gasteiger partial charge in [0, 0.05) is 12.6 Å². The van der Waals surface area contributed by atoms with E-state index in [4.69, 9.17) is 5.84 Å². The highest BCUT2D eigenvalue weighted by molar-refractivity contribution is 7.89. The number of nitrogens with zero attached hydrogens (tertiary/aromatic N) is 1. The summed E-state index contributed by atoms with van der Waals surface area (Å²) in [6.45, 7) is 2.64. The van der Waals surface area contributed by atoms with E-state index in [9.17, 15) is 8.42 Å². The van der Waals surface area contributed by atoms with Gasteiger partial charge in [-0.2, -0.15) is 4.31 Å². The molecule has 112 valence electrons. The molecule has 2 rings (SSSR count). The molecule has 0 amide bonds. The topological polar surface area (TPSA) is 75.4 Å². The highest BCUT2D eigenvalue weighted by Gasteiger charge is 2.32. The van der Waals surface area contributed by atoms with E-state index in [1.165, 1.54) is 0 Å². The van der Waals surface area contributed by atoms with Gasteiger partial charge < -0.3 is 5.43 Å². The first-order valence-electron chi connectivity index (χ1n) is 7.18. The van der Waals surface area contributed by atoms with Crippen LogP contribution in [-0.4, -0.2) is 25.3 Å². The lowest BCUT2D eigenvalue weighted by molar-refractivity contribution is 0.315. The standard InChI is InChI=1S/C14H23N3O2S/c1-2-12-8-4-3-7-11-17(12)20(18,19)14-10-6-5-9-13(14)16-15/h5-6,9-10,12,16H,2-4,7-8,11,15H2,1H3. The lowest BCUT2D eigenvalue weighted by Crippen LogP contribution is -2.40. The minimum Gasteiger partial charge on any atom is -0.323 e. The molecule has 0 spiro atoms. The second-order valence-electron chi connectivity index (χ2n) is 5.17. The van der Waals surface area contributed by atoms with Gasteiger partial charge in [0.2, 0.25) is 10.0 Å². The molecule has 0 aliphatic carbocycles. The van der Waals surface area contributed by atoms with Crippen molar-refractivity contribution in [2.45, 2.75) is 50.0 Å². The molecule has 1 aromatic carbocycles. The molecule has 1 unspecified atom stereocenters. The van der Waals surface area contributed by atoms with Gasteiger partial charge in [-0.15, -0.1) is 0 Å². The van der Waals surface area contributed by atoms with Gasteiger partial charge in [0.05, 0.1) is 5.69 Å². The Labute approximate surface area is 121 Å². The number of rotatable bonds is 4. The van der Waals surface area contributed by atoms with Gasteiger partial charge in [-0.1, -0.05) is 31.9 Å². The smallest absolute Gasteiger partial charge is 0.245 e. The Hall–Kier alpha value is -1.11. The molecule has 1 heterocycles.